The molecule has 8 heteroatoms. The van der Waals surface area contributed by atoms with E-state index in [0.717, 1.165) is 0 Å². The van der Waals surface area contributed by atoms with Crippen LogP contribution in [-0.4, -0.2) is 23.7 Å². The standard InChI is InChI=1S/C9H8BrF3N2O2/c1-5(16)14-6-2-3-7(10)15-8(6)17-4-9(11,12)13/h2-3H,4H2,1H3,(H,14,16). The van der Waals surface area contributed by atoms with Crippen molar-refractivity contribution in [2.24, 2.45) is 0 Å². The summed E-state index contributed by atoms with van der Waals surface area (Å²) in [7, 11) is 0. The average molecular weight is 313 g/mol. The summed E-state index contributed by atoms with van der Waals surface area (Å²) in [4.78, 5) is 14.5. The number of anilines is 1. The zero-order valence-electron chi connectivity index (χ0n) is 8.64. The number of pyridine rings is 1. The first-order chi connectivity index (χ1) is 7.78. The van der Waals surface area contributed by atoms with E-state index in [1.54, 1.807) is 0 Å². The molecule has 17 heavy (non-hydrogen) atoms. The van der Waals surface area contributed by atoms with Gasteiger partial charge < -0.3 is 10.1 Å². The number of aromatic nitrogens is 1. The van der Waals surface area contributed by atoms with Crippen LogP contribution in [0.3, 0.4) is 0 Å². The number of halogens is 4. The van der Waals surface area contributed by atoms with Gasteiger partial charge in [-0.05, 0) is 28.1 Å². The molecule has 0 aromatic carbocycles. The van der Waals surface area contributed by atoms with Crippen molar-refractivity contribution < 1.29 is 22.7 Å². The molecular formula is C9H8BrF3N2O2. The number of hydrogen-bond acceptors (Lipinski definition) is 3. The summed E-state index contributed by atoms with van der Waals surface area (Å²) < 4.78 is 40.8. The van der Waals surface area contributed by atoms with Crippen LogP contribution in [0.5, 0.6) is 5.88 Å². The molecule has 0 aliphatic rings. The van der Waals surface area contributed by atoms with Crippen LogP contribution in [0.4, 0.5) is 18.9 Å². The molecular weight excluding hydrogens is 305 g/mol. The van der Waals surface area contributed by atoms with Crippen LogP contribution in [0, 0.1) is 0 Å². The van der Waals surface area contributed by atoms with Gasteiger partial charge in [0.05, 0.1) is 0 Å². The number of hydrogen-bond donors (Lipinski definition) is 1. The third-order valence-electron chi connectivity index (χ3n) is 1.51. The van der Waals surface area contributed by atoms with Gasteiger partial charge in [0.2, 0.25) is 11.8 Å². The van der Waals surface area contributed by atoms with Gasteiger partial charge in [0.15, 0.2) is 6.61 Å². The molecule has 0 saturated carbocycles. The Balaban J connectivity index is 2.87. The SMILES string of the molecule is CC(=O)Nc1ccc(Br)nc1OCC(F)(F)F. The highest BCUT2D eigenvalue weighted by Gasteiger charge is 2.29. The van der Waals surface area contributed by atoms with E-state index in [4.69, 9.17) is 0 Å². The van der Waals surface area contributed by atoms with Crippen LogP contribution < -0.4 is 10.1 Å². The Hall–Kier alpha value is -1.31. The monoisotopic (exact) mass is 312 g/mol. The molecule has 0 atom stereocenters. The van der Waals surface area contributed by atoms with Crippen LogP contribution >= 0.6 is 15.9 Å². The zero-order valence-corrected chi connectivity index (χ0v) is 10.2. The first-order valence-corrected chi connectivity index (χ1v) is 5.21. The fourth-order valence-corrected chi connectivity index (χ4v) is 1.26. The van der Waals surface area contributed by atoms with Gasteiger partial charge in [-0.25, -0.2) is 4.98 Å². The van der Waals surface area contributed by atoms with Gasteiger partial charge in [-0.3, -0.25) is 4.79 Å². The van der Waals surface area contributed by atoms with Crippen LogP contribution in [-0.2, 0) is 4.79 Å². The van der Waals surface area contributed by atoms with Crippen molar-refractivity contribution in [3.05, 3.63) is 16.7 Å². The molecule has 94 valence electrons. The summed E-state index contributed by atoms with van der Waals surface area (Å²) in [5, 5.41) is 2.32. The van der Waals surface area contributed by atoms with Crippen molar-refractivity contribution in [3.8, 4) is 5.88 Å². The number of alkyl halides is 3. The number of rotatable bonds is 3. The Morgan fingerprint density at radius 3 is 2.71 bits per heavy atom. The lowest BCUT2D eigenvalue weighted by Gasteiger charge is -2.12. The number of carbonyl (C=O) groups excluding carboxylic acids is 1. The van der Waals surface area contributed by atoms with E-state index in [9.17, 15) is 18.0 Å². The largest absolute Gasteiger partial charge is 0.467 e. The maximum absolute atomic E-state index is 12.0. The summed E-state index contributed by atoms with van der Waals surface area (Å²) in [6.07, 6.45) is -4.46. The molecule has 0 radical (unpaired) electrons. The topological polar surface area (TPSA) is 51.2 Å². The second-order valence-corrected chi connectivity index (χ2v) is 3.88. The van der Waals surface area contributed by atoms with Crippen molar-refractivity contribution in [2.75, 3.05) is 11.9 Å². The average Bonchev–Trinajstić information content (AvgIpc) is 2.16. The molecule has 0 aliphatic carbocycles. The summed E-state index contributed by atoms with van der Waals surface area (Å²) in [6.45, 7) is -0.237. The van der Waals surface area contributed by atoms with Gasteiger partial charge in [0.25, 0.3) is 0 Å². The van der Waals surface area contributed by atoms with E-state index in [2.05, 4.69) is 31.0 Å². The molecule has 0 bridgehead atoms. The summed E-state index contributed by atoms with van der Waals surface area (Å²) in [6, 6.07) is 2.87. The molecule has 1 aromatic heterocycles. The second-order valence-electron chi connectivity index (χ2n) is 3.07. The summed E-state index contributed by atoms with van der Waals surface area (Å²) in [5.74, 6) is -0.710. The molecule has 1 N–H and O–H groups in total. The number of nitrogens with one attached hydrogen (secondary N) is 1. The van der Waals surface area contributed by atoms with Gasteiger partial charge in [-0.2, -0.15) is 13.2 Å². The minimum atomic E-state index is -4.46. The number of ether oxygens (including phenoxy) is 1. The van der Waals surface area contributed by atoms with Gasteiger partial charge in [-0.15, -0.1) is 0 Å². The summed E-state index contributed by atoms with van der Waals surface area (Å²) >= 11 is 3.00. The third kappa shape index (κ3) is 5.03. The smallest absolute Gasteiger partial charge is 0.422 e. The molecule has 1 rings (SSSR count). The fraction of sp³-hybridized carbons (Fsp3) is 0.333. The number of amides is 1. The lowest BCUT2D eigenvalue weighted by Crippen LogP contribution is -2.20. The van der Waals surface area contributed by atoms with E-state index >= 15 is 0 Å². The lowest BCUT2D eigenvalue weighted by atomic mass is 10.4. The van der Waals surface area contributed by atoms with Crippen molar-refractivity contribution >= 4 is 27.5 Å². The molecule has 0 spiro atoms. The molecule has 0 fully saturated rings. The highest BCUT2D eigenvalue weighted by atomic mass is 79.9. The first kappa shape index (κ1) is 13.8. The Morgan fingerprint density at radius 2 is 2.18 bits per heavy atom. The van der Waals surface area contributed by atoms with Crippen molar-refractivity contribution in [1.82, 2.24) is 4.98 Å². The Kier molecular flexibility index (Phi) is 4.33. The van der Waals surface area contributed by atoms with Crippen LogP contribution in [0.15, 0.2) is 16.7 Å². The minimum Gasteiger partial charge on any atom is -0.467 e. The molecule has 0 unspecified atom stereocenters. The van der Waals surface area contributed by atoms with E-state index in [1.165, 1.54) is 19.1 Å². The molecule has 0 saturated heterocycles. The molecule has 1 heterocycles. The predicted octanol–water partition coefficient (Wildman–Crippen LogP) is 2.74. The third-order valence-corrected chi connectivity index (χ3v) is 1.95. The normalized spacial score (nSPS) is 11.1. The van der Waals surface area contributed by atoms with Gasteiger partial charge >= 0.3 is 6.18 Å². The highest BCUT2D eigenvalue weighted by Crippen LogP contribution is 2.26. The van der Waals surface area contributed by atoms with Gasteiger partial charge in [0, 0.05) is 6.92 Å². The van der Waals surface area contributed by atoms with Crippen molar-refractivity contribution in [3.63, 3.8) is 0 Å². The Bertz CT molecular complexity index is 423. The maximum Gasteiger partial charge on any atom is 0.422 e. The highest BCUT2D eigenvalue weighted by molar-refractivity contribution is 9.10. The van der Waals surface area contributed by atoms with E-state index in [0.29, 0.717) is 4.60 Å². The van der Waals surface area contributed by atoms with Crippen LogP contribution in [0.25, 0.3) is 0 Å². The van der Waals surface area contributed by atoms with E-state index in [1.807, 2.05) is 0 Å². The number of carbonyl (C=O) groups is 1. The van der Waals surface area contributed by atoms with E-state index < -0.39 is 18.7 Å². The number of nitrogens with zero attached hydrogens (tertiary/aromatic N) is 1. The van der Waals surface area contributed by atoms with Crippen molar-refractivity contribution in [2.45, 2.75) is 13.1 Å². The van der Waals surface area contributed by atoms with Crippen molar-refractivity contribution in [1.29, 1.82) is 0 Å². The first-order valence-electron chi connectivity index (χ1n) is 4.41. The van der Waals surface area contributed by atoms with Gasteiger partial charge in [0.1, 0.15) is 10.3 Å². The molecule has 0 aliphatic heterocycles. The predicted molar refractivity (Wildman–Crippen MR) is 57.8 cm³/mol. The fourth-order valence-electron chi connectivity index (χ4n) is 0.963. The van der Waals surface area contributed by atoms with Crippen LogP contribution in [0.2, 0.25) is 0 Å². The second kappa shape index (κ2) is 5.35. The molecule has 1 aromatic rings. The van der Waals surface area contributed by atoms with Crippen LogP contribution in [0.1, 0.15) is 6.92 Å². The summed E-state index contributed by atoms with van der Waals surface area (Å²) in [5.41, 5.74) is 0.0879. The minimum absolute atomic E-state index is 0.0879. The molecule has 4 nitrogen and oxygen atoms in total. The van der Waals surface area contributed by atoms with Gasteiger partial charge in [-0.1, -0.05) is 0 Å². The Labute approximate surface area is 103 Å². The molecule has 1 amide bonds. The Morgan fingerprint density at radius 1 is 1.53 bits per heavy atom. The van der Waals surface area contributed by atoms with E-state index in [-0.39, 0.29) is 11.6 Å². The quantitative estimate of drug-likeness (QED) is 0.873. The zero-order chi connectivity index (χ0) is 13.1. The maximum atomic E-state index is 12.0. The lowest BCUT2D eigenvalue weighted by molar-refractivity contribution is -0.153.